The summed E-state index contributed by atoms with van der Waals surface area (Å²) >= 11 is 9.24. The average Bonchev–Trinajstić information content (AvgIpc) is 2.61. The number of carboxylic acid groups (broad SMARTS) is 1. The first-order valence-electron chi connectivity index (χ1n) is 8.65. The molecule has 0 saturated heterocycles. The lowest BCUT2D eigenvalue weighted by Gasteiger charge is -2.16. The standard InChI is InChI=1S/C20H20I2N2O4S/c1-10(2)13-5-4-11(3)6-16(13)28-9-17(25)23-20(29)24-18-14(19(26)27)7-12(21)8-15(18)22/h4-8,10H,9H2,1-3H3,(H,26,27)(H2,23,24,25,29). The molecule has 0 fully saturated rings. The molecular formula is C20H20I2N2O4S. The van der Waals surface area contributed by atoms with Gasteiger partial charge in [0.05, 0.1) is 11.3 Å². The van der Waals surface area contributed by atoms with Crippen LogP contribution in [0.4, 0.5) is 5.69 Å². The van der Waals surface area contributed by atoms with Crippen molar-refractivity contribution in [3.05, 3.63) is 54.2 Å². The van der Waals surface area contributed by atoms with Crippen LogP contribution in [-0.2, 0) is 4.79 Å². The topological polar surface area (TPSA) is 87.7 Å². The smallest absolute Gasteiger partial charge is 0.337 e. The molecule has 0 radical (unpaired) electrons. The number of ether oxygens (including phenoxy) is 1. The van der Waals surface area contributed by atoms with Gasteiger partial charge < -0.3 is 15.2 Å². The van der Waals surface area contributed by atoms with Crippen molar-refractivity contribution in [3.8, 4) is 5.75 Å². The van der Waals surface area contributed by atoms with E-state index in [9.17, 15) is 14.7 Å². The van der Waals surface area contributed by atoms with E-state index in [-0.39, 0.29) is 23.2 Å². The zero-order valence-corrected chi connectivity index (χ0v) is 21.1. The number of nitrogens with one attached hydrogen (secondary N) is 2. The van der Waals surface area contributed by atoms with Crippen LogP contribution in [0.5, 0.6) is 5.75 Å². The summed E-state index contributed by atoms with van der Waals surface area (Å²) in [5.41, 5.74) is 2.47. The Morgan fingerprint density at radius 1 is 1.21 bits per heavy atom. The Hall–Kier alpha value is -1.47. The van der Waals surface area contributed by atoms with Gasteiger partial charge in [0.25, 0.3) is 5.91 Å². The van der Waals surface area contributed by atoms with E-state index in [2.05, 4.69) is 24.5 Å². The van der Waals surface area contributed by atoms with Crippen LogP contribution >= 0.6 is 57.4 Å². The zero-order chi connectivity index (χ0) is 21.7. The first kappa shape index (κ1) is 23.8. The molecule has 154 valence electrons. The van der Waals surface area contributed by atoms with Gasteiger partial charge in [-0.2, -0.15) is 0 Å². The Balaban J connectivity index is 2.04. The molecule has 2 rings (SSSR count). The quantitative estimate of drug-likeness (QED) is 0.308. The maximum absolute atomic E-state index is 12.3. The Kier molecular flexibility index (Phi) is 8.64. The third-order valence-corrected chi connectivity index (χ3v) is 5.60. The molecule has 2 aromatic rings. The second-order valence-electron chi connectivity index (χ2n) is 6.60. The summed E-state index contributed by atoms with van der Waals surface area (Å²) in [5, 5.41) is 14.8. The minimum absolute atomic E-state index is 0.00792. The van der Waals surface area contributed by atoms with Crippen molar-refractivity contribution in [2.75, 3.05) is 11.9 Å². The predicted molar refractivity (Wildman–Crippen MR) is 134 cm³/mol. The first-order valence-corrected chi connectivity index (χ1v) is 11.2. The predicted octanol–water partition coefficient (Wildman–Crippen LogP) is 4.92. The van der Waals surface area contributed by atoms with Crippen molar-refractivity contribution in [2.45, 2.75) is 26.7 Å². The maximum atomic E-state index is 12.3. The molecule has 3 N–H and O–H groups in total. The third-order valence-electron chi connectivity index (χ3n) is 3.93. The van der Waals surface area contributed by atoms with Gasteiger partial charge in [0.15, 0.2) is 11.7 Å². The summed E-state index contributed by atoms with van der Waals surface area (Å²) < 4.78 is 7.17. The van der Waals surface area contributed by atoms with Gasteiger partial charge in [-0.3, -0.25) is 10.1 Å². The molecule has 0 aliphatic rings. The summed E-state index contributed by atoms with van der Waals surface area (Å²) in [6, 6.07) is 9.24. The van der Waals surface area contributed by atoms with E-state index >= 15 is 0 Å². The van der Waals surface area contributed by atoms with Crippen LogP contribution in [-0.4, -0.2) is 28.7 Å². The fourth-order valence-corrected chi connectivity index (χ4v) is 4.76. The van der Waals surface area contributed by atoms with E-state index in [4.69, 9.17) is 17.0 Å². The molecule has 0 aliphatic heterocycles. The summed E-state index contributed by atoms with van der Waals surface area (Å²) in [6.45, 7) is 5.86. The SMILES string of the molecule is Cc1ccc(C(C)C)c(OCC(=O)NC(=S)Nc2c(I)cc(I)cc2C(=O)O)c1. The highest BCUT2D eigenvalue weighted by Crippen LogP contribution is 2.28. The van der Waals surface area contributed by atoms with Gasteiger partial charge >= 0.3 is 5.97 Å². The molecule has 0 aromatic heterocycles. The Morgan fingerprint density at radius 3 is 2.52 bits per heavy atom. The number of anilines is 1. The summed E-state index contributed by atoms with van der Waals surface area (Å²) in [6.07, 6.45) is 0. The van der Waals surface area contributed by atoms with Gasteiger partial charge in [-0.15, -0.1) is 0 Å². The molecule has 29 heavy (non-hydrogen) atoms. The maximum Gasteiger partial charge on any atom is 0.337 e. The summed E-state index contributed by atoms with van der Waals surface area (Å²) in [5.74, 6) is -0.596. The van der Waals surface area contributed by atoms with Crippen molar-refractivity contribution >= 4 is 80.1 Å². The van der Waals surface area contributed by atoms with E-state index in [0.29, 0.717) is 15.0 Å². The van der Waals surface area contributed by atoms with Gasteiger partial charge in [0, 0.05) is 7.14 Å². The highest BCUT2D eigenvalue weighted by atomic mass is 127. The van der Waals surface area contributed by atoms with Crippen molar-refractivity contribution < 1.29 is 19.4 Å². The molecule has 0 aliphatic carbocycles. The summed E-state index contributed by atoms with van der Waals surface area (Å²) in [7, 11) is 0. The number of aromatic carboxylic acids is 1. The van der Waals surface area contributed by atoms with Crippen molar-refractivity contribution in [1.29, 1.82) is 0 Å². The lowest BCUT2D eigenvalue weighted by molar-refractivity contribution is -0.121. The first-order chi connectivity index (χ1) is 13.6. The van der Waals surface area contributed by atoms with Crippen molar-refractivity contribution in [2.24, 2.45) is 0 Å². The van der Waals surface area contributed by atoms with E-state index < -0.39 is 11.9 Å². The van der Waals surface area contributed by atoms with E-state index in [0.717, 1.165) is 14.7 Å². The second kappa shape index (κ2) is 10.5. The molecule has 0 unspecified atom stereocenters. The number of hydrogen-bond donors (Lipinski definition) is 3. The van der Waals surface area contributed by atoms with Crippen LogP contribution in [0.15, 0.2) is 30.3 Å². The molecule has 0 bridgehead atoms. The van der Waals surface area contributed by atoms with Crippen molar-refractivity contribution in [1.82, 2.24) is 5.32 Å². The highest BCUT2D eigenvalue weighted by molar-refractivity contribution is 14.1. The number of benzene rings is 2. The monoisotopic (exact) mass is 638 g/mol. The van der Waals surface area contributed by atoms with Gasteiger partial charge in [0.1, 0.15) is 5.75 Å². The van der Waals surface area contributed by atoms with Crippen LogP contribution in [0, 0.1) is 14.1 Å². The Bertz CT molecular complexity index is 964. The average molecular weight is 638 g/mol. The molecule has 2 aromatic carbocycles. The summed E-state index contributed by atoms with van der Waals surface area (Å²) in [4.78, 5) is 23.8. The van der Waals surface area contributed by atoms with Crippen LogP contribution < -0.4 is 15.4 Å². The Labute approximate surface area is 202 Å². The number of thiocarbonyl (C=S) groups is 1. The molecule has 9 heteroatoms. The number of halogens is 2. The Morgan fingerprint density at radius 2 is 1.90 bits per heavy atom. The van der Waals surface area contributed by atoms with E-state index in [1.54, 1.807) is 0 Å². The van der Waals surface area contributed by atoms with Gasteiger partial charge in [-0.1, -0.05) is 26.0 Å². The van der Waals surface area contributed by atoms with Crippen molar-refractivity contribution in [3.63, 3.8) is 0 Å². The number of carboxylic acids is 1. The van der Waals surface area contributed by atoms with Crippen LogP contribution in [0.2, 0.25) is 0 Å². The molecular weight excluding hydrogens is 618 g/mol. The van der Waals surface area contributed by atoms with E-state index in [1.807, 2.05) is 76.4 Å². The molecule has 0 saturated carbocycles. The normalized spacial score (nSPS) is 10.6. The number of carbonyl (C=O) groups is 2. The second-order valence-corrected chi connectivity index (χ2v) is 9.42. The van der Waals surface area contributed by atoms with Gasteiger partial charge in [0.2, 0.25) is 0 Å². The van der Waals surface area contributed by atoms with Crippen LogP contribution in [0.1, 0.15) is 41.3 Å². The van der Waals surface area contributed by atoms with E-state index in [1.165, 1.54) is 6.07 Å². The zero-order valence-electron chi connectivity index (χ0n) is 16.0. The molecule has 6 nitrogen and oxygen atoms in total. The number of rotatable bonds is 6. The largest absolute Gasteiger partial charge is 0.483 e. The molecule has 0 atom stereocenters. The fraction of sp³-hybridized carbons (Fsp3) is 0.250. The third kappa shape index (κ3) is 6.78. The number of amides is 1. The molecule has 0 spiro atoms. The lowest BCUT2D eigenvalue weighted by atomic mass is 10.0. The minimum atomic E-state index is -1.08. The lowest BCUT2D eigenvalue weighted by Crippen LogP contribution is -2.37. The number of aryl methyl sites for hydroxylation is 1. The minimum Gasteiger partial charge on any atom is -0.483 e. The van der Waals surface area contributed by atoms with Crippen LogP contribution in [0.3, 0.4) is 0 Å². The number of hydrogen-bond acceptors (Lipinski definition) is 4. The molecule has 1 amide bonds. The highest BCUT2D eigenvalue weighted by Gasteiger charge is 2.17. The van der Waals surface area contributed by atoms with Gasteiger partial charge in [-0.25, -0.2) is 4.79 Å². The number of carbonyl (C=O) groups excluding carboxylic acids is 1. The molecule has 0 heterocycles. The van der Waals surface area contributed by atoms with Crippen LogP contribution in [0.25, 0.3) is 0 Å². The van der Waals surface area contributed by atoms with Gasteiger partial charge in [-0.05, 0) is 99.6 Å². The fourth-order valence-electron chi connectivity index (χ4n) is 2.56.